The molecule has 0 spiro atoms. The standard InChI is InChI=1S/C22H28ClN3O5S/c1-14(2)13-24-22(28)17-8-6-7-9-19(17)25-21(27)15(3)26(32(5,29)30)16-10-11-20(31-4)18(23)12-16/h6-12,14-15H,13H2,1-5H3,(H,24,28)(H,25,27)/t15-/m0/s1. The van der Waals surface area contributed by atoms with E-state index in [1.165, 1.54) is 32.2 Å². The number of nitrogens with zero attached hydrogens (tertiary/aromatic N) is 1. The third kappa shape index (κ3) is 6.37. The second-order valence-corrected chi connectivity index (χ2v) is 9.96. The summed E-state index contributed by atoms with van der Waals surface area (Å²) in [5.74, 6) is -0.293. The molecule has 2 N–H and O–H groups in total. The molecule has 2 aromatic carbocycles. The molecule has 0 saturated carbocycles. The molecule has 1 atom stereocenters. The molecule has 2 rings (SSSR count). The zero-order valence-corrected chi connectivity index (χ0v) is 20.3. The first kappa shape index (κ1) is 25.5. The number of carbonyl (C=O) groups is 2. The van der Waals surface area contributed by atoms with Crippen molar-refractivity contribution in [3.8, 4) is 5.75 Å². The van der Waals surface area contributed by atoms with Gasteiger partial charge >= 0.3 is 0 Å². The summed E-state index contributed by atoms with van der Waals surface area (Å²) in [6.07, 6.45) is 1.00. The molecule has 2 amide bonds. The molecular formula is C22H28ClN3O5S. The third-order valence-electron chi connectivity index (χ3n) is 4.58. The summed E-state index contributed by atoms with van der Waals surface area (Å²) in [5, 5.41) is 5.69. The number of ether oxygens (including phenoxy) is 1. The number of halogens is 1. The highest BCUT2D eigenvalue weighted by atomic mass is 35.5. The zero-order valence-electron chi connectivity index (χ0n) is 18.7. The molecule has 0 unspecified atom stereocenters. The van der Waals surface area contributed by atoms with Crippen molar-refractivity contribution in [3.05, 3.63) is 53.1 Å². The topological polar surface area (TPSA) is 105 Å². The Labute approximate surface area is 193 Å². The van der Waals surface area contributed by atoms with Gasteiger partial charge in [0, 0.05) is 6.54 Å². The first-order chi connectivity index (χ1) is 15.0. The van der Waals surface area contributed by atoms with Crippen molar-refractivity contribution in [2.45, 2.75) is 26.8 Å². The van der Waals surface area contributed by atoms with Crippen molar-refractivity contribution < 1.29 is 22.7 Å². The lowest BCUT2D eigenvalue weighted by molar-refractivity contribution is -0.116. The number of hydrogen-bond acceptors (Lipinski definition) is 5. The molecule has 0 heterocycles. The Kier molecular flexibility index (Phi) is 8.51. The predicted molar refractivity (Wildman–Crippen MR) is 127 cm³/mol. The summed E-state index contributed by atoms with van der Waals surface area (Å²) in [6.45, 7) is 5.88. The average molecular weight is 482 g/mol. The van der Waals surface area contributed by atoms with Gasteiger partial charge in [-0.25, -0.2) is 8.42 Å². The number of hydrogen-bond donors (Lipinski definition) is 2. The fourth-order valence-corrected chi connectivity index (χ4v) is 4.44. The SMILES string of the molecule is COc1ccc(N([C@@H](C)C(=O)Nc2ccccc2C(=O)NCC(C)C)S(C)(=O)=O)cc1Cl. The van der Waals surface area contributed by atoms with Crippen LogP contribution in [-0.2, 0) is 14.8 Å². The van der Waals surface area contributed by atoms with E-state index in [1.807, 2.05) is 13.8 Å². The summed E-state index contributed by atoms with van der Waals surface area (Å²) in [7, 11) is -2.40. The summed E-state index contributed by atoms with van der Waals surface area (Å²) < 4.78 is 31.1. The van der Waals surface area contributed by atoms with E-state index >= 15 is 0 Å². The number of sulfonamides is 1. The first-order valence-corrected chi connectivity index (χ1v) is 12.2. The van der Waals surface area contributed by atoms with Crippen LogP contribution in [0.15, 0.2) is 42.5 Å². The van der Waals surface area contributed by atoms with E-state index in [0.717, 1.165) is 10.6 Å². The fourth-order valence-electron chi connectivity index (χ4n) is 3.02. The van der Waals surface area contributed by atoms with Crippen LogP contribution in [0.2, 0.25) is 5.02 Å². The monoisotopic (exact) mass is 481 g/mol. The Hall–Kier alpha value is -2.78. The van der Waals surface area contributed by atoms with E-state index in [4.69, 9.17) is 16.3 Å². The Morgan fingerprint density at radius 1 is 1.12 bits per heavy atom. The summed E-state index contributed by atoms with van der Waals surface area (Å²) in [6, 6.07) is 9.86. The lowest BCUT2D eigenvalue weighted by Gasteiger charge is -2.28. The number of rotatable bonds is 9. The highest BCUT2D eigenvalue weighted by Crippen LogP contribution is 2.31. The maximum atomic E-state index is 13.0. The number of methoxy groups -OCH3 is 1. The molecule has 174 valence electrons. The lowest BCUT2D eigenvalue weighted by atomic mass is 10.1. The van der Waals surface area contributed by atoms with Crippen molar-refractivity contribution in [1.29, 1.82) is 0 Å². The van der Waals surface area contributed by atoms with Gasteiger partial charge in [0.25, 0.3) is 5.91 Å². The van der Waals surface area contributed by atoms with E-state index in [2.05, 4.69) is 10.6 Å². The Morgan fingerprint density at radius 3 is 2.34 bits per heavy atom. The smallest absolute Gasteiger partial charge is 0.253 e. The van der Waals surface area contributed by atoms with Crippen molar-refractivity contribution in [2.75, 3.05) is 29.5 Å². The third-order valence-corrected chi connectivity index (χ3v) is 6.12. The number of para-hydroxylation sites is 1. The normalized spacial score (nSPS) is 12.2. The lowest BCUT2D eigenvalue weighted by Crippen LogP contribution is -2.45. The van der Waals surface area contributed by atoms with Crippen LogP contribution in [0.3, 0.4) is 0 Å². The van der Waals surface area contributed by atoms with E-state index < -0.39 is 22.0 Å². The minimum Gasteiger partial charge on any atom is -0.495 e. The van der Waals surface area contributed by atoms with Crippen LogP contribution < -0.4 is 19.7 Å². The van der Waals surface area contributed by atoms with E-state index in [-0.39, 0.29) is 33.8 Å². The van der Waals surface area contributed by atoms with Gasteiger partial charge in [0.2, 0.25) is 15.9 Å². The van der Waals surface area contributed by atoms with Gasteiger partial charge in [-0.3, -0.25) is 13.9 Å². The van der Waals surface area contributed by atoms with Gasteiger partial charge in [-0.1, -0.05) is 37.6 Å². The summed E-state index contributed by atoms with van der Waals surface area (Å²) in [4.78, 5) is 25.6. The molecular weight excluding hydrogens is 454 g/mol. The van der Waals surface area contributed by atoms with Crippen LogP contribution in [0.4, 0.5) is 11.4 Å². The van der Waals surface area contributed by atoms with E-state index in [0.29, 0.717) is 12.3 Å². The maximum absolute atomic E-state index is 13.0. The molecule has 2 aromatic rings. The largest absolute Gasteiger partial charge is 0.495 e. The molecule has 0 radical (unpaired) electrons. The van der Waals surface area contributed by atoms with Gasteiger partial charge in [-0.05, 0) is 43.2 Å². The van der Waals surface area contributed by atoms with Gasteiger partial charge in [0.1, 0.15) is 11.8 Å². The fraction of sp³-hybridized carbons (Fsp3) is 0.364. The first-order valence-electron chi connectivity index (χ1n) is 9.96. The number of benzene rings is 2. The molecule has 0 aliphatic heterocycles. The van der Waals surface area contributed by atoms with Crippen molar-refractivity contribution in [2.24, 2.45) is 5.92 Å². The molecule has 10 heteroatoms. The second-order valence-electron chi connectivity index (χ2n) is 7.69. The highest BCUT2D eigenvalue weighted by molar-refractivity contribution is 7.92. The van der Waals surface area contributed by atoms with Crippen LogP contribution in [0, 0.1) is 5.92 Å². The summed E-state index contributed by atoms with van der Waals surface area (Å²) >= 11 is 6.15. The quantitative estimate of drug-likeness (QED) is 0.570. The minimum absolute atomic E-state index is 0.207. The van der Waals surface area contributed by atoms with E-state index in [1.54, 1.807) is 24.3 Å². The zero-order chi connectivity index (χ0) is 24.1. The Bertz CT molecular complexity index is 1090. The number of carbonyl (C=O) groups excluding carboxylic acids is 2. The number of anilines is 2. The maximum Gasteiger partial charge on any atom is 0.253 e. The van der Waals surface area contributed by atoms with Crippen LogP contribution in [0.25, 0.3) is 0 Å². The number of nitrogens with one attached hydrogen (secondary N) is 2. The highest BCUT2D eigenvalue weighted by Gasteiger charge is 2.30. The van der Waals surface area contributed by atoms with Crippen LogP contribution in [0.5, 0.6) is 5.75 Å². The van der Waals surface area contributed by atoms with Gasteiger partial charge in [-0.15, -0.1) is 0 Å². The van der Waals surface area contributed by atoms with Gasteiger partial charge in [0.05, 0.1) is 35.3 Å². The molecule has 0 aromatic heterocycles. The molecule has 0 fully saturated rings. The Balaban J connectivity index is 2.32. The molecule has 8 nitrogen and oxygen atoms in total. The molecule has 0 aliphatic rings. The molecule has 0 saturated heterocycles. The van der Waals surface area contributed by atoms with Gasteiger partial charge in [-0.2, -0.15) is 0 Å². The van der Waals surface area contributed by atoms with E-state index in [9.17, 15) is 18.0 Å². The molecule has 32 heavy (non-hydrogen) atoms. The van der Waals surface area contributed by atoms with Crippen LogP contribution >= 0.6 is 11.6 Å². The molecule has 0 bridgehead atoms. The van der Waals surface area contributed by atoms with Crippen molar-refractivity contribution >= 4 is 44.8 Å². The molecule has 0 aliphatic carbocycles. The van der Waals surface area contributed by atoms with Crippen LogP contribution in [-0.4, -0.2) is 46.2 Å². The van der Waals surface area contributed by atoms with Crippen LogP contribution in [0.1, 0.15) is 31.1 Å². The van der Waals surface area contributed by atoms with Crippen molar-refractivity contribution in [3.63, 3.8) is 0 Å². The predicted octanol–water partition coefficient (Wildman–Crippen LogP) is 3.53. The second kappa shape index (κ2) is 10.7. The van der Waals surface area contributed by atoms with Gasteiger partial charge < -0.3 is 15.4 Å². The summed E-state index contributed by atoms with van der Waals surface area (Å²) in [5.41, 5.74) is 0.780. The minimum atomic E-state index is -3.84. The van der Waals surface area contributed by atoms with Gasteiger partial charge in [0.15, 0.2) is 0 Å². The average Bonchev–Trinajstić information content (AvgIpc) is 2.71. The number of amides is 2. The Morgan fingerprint density at radius 2 is 1.78 bits per heavy atom. The van der Waals surface area contributed by atoms with Crippen molar-refractivity contribution in [1.82, 2.24) is 5.32 Å².